The van der Waals surface area contributed by atoms with Crippen LogP contribution in [0.3, 0.4) is 0 Å². The van der Waals surface area contributed by atoms with Crippen LogP contribution < -0.4 is 5.73 Å². The van der Waals surface area contributed by atoms with Crippen LogP contribution in [-0.2, 0) is 19.3 Å². The number of nitrogens with zero attached hydrogens (tertiary/aromatic N) is 1. The normalized spacial score (nSPS) is 15.2. The minimum absolute atomic E-state index is 0.0508. The van der Waals surface area contributed by atoms with Crippen molar-refractivity contribution in [2.24, 2.45) is 5.73 Å². The minimum Gasteiger partial charge on any atom is -0.324 e. The van der Waals surface area contributed by atoms with E-state index in [0.29, 0.717) is 0 Å². The van der Waals surface area contributed by atoms with Crippen molar-refractivity contribution in [3.63, 3.8) is 0 Å². The monoisotopic (exact) mass is 266 g/mol. The molecule has 1 atom stereocenters. The highest BCUT2D eigenvalue weighted by Gasteiger charge is 2.13. The van der Waals surface area contributed by atoms with E-state index < -0.39 is 0 Å². The molecule has 1 unspecified atom stereocenters. The van der Waals surface area contributed by atoms with Crippen molar-refractivity contribution in [2.45, 2.75) is 45.6 Å². The zero-order valence-electron chi connectivity index (χ0n) is 12.3. The second-order valence-corrected chi connectivity index (χ2v) is 5.95. The largest absolute Gasteiger partial charge is 0.324 e. The van der Waals surface area contributed by atoms with Gasteiger partial charge in [-0.1, -0.05) is 18.2 Å². The molecule has 0 amide bonds. The zero-order chi connectivity index (χ0) is 14.1. The van der Waals surface area contributed by atoms with Crippen LogP contribution in [0.1, 0.15) is 46.1 Å². The van der Waals surface area contributed by atoms with Gasteiger partial charge in [-0.05, 0) is 73.9 Å². The molecule has 0 saturated carbocycles. The van der Waals surface area contributed by atoms with Crippen molar-refractivity contribution in [3.8, 4) is 0 Å². The first kappa shape index (κ1) is 13.3. The van der Waals surface area contributed by atoms with Gasteiger partial charge in [-0.15, -0.1) is 0 Å². The summed E-state index contributed by atoms with van der Waals surface area (Å²) in [5.41, 5.74) is 14.1. The molecule has 2 aromatic rings. The Labute approximate surface area is 121 Å². The summed E-state index contributed by atoms with van der Waals surface area (Å²) < 4.78 is 0. The standard InChI is InChI=1S/C18H22N2/c1-12-8-17(9-13(2)20-12)18(19)11-14-6-7-15-4-3-5-16(15)10-14/h6-10,18H,3-5,11,19H2,1-2H3. The van der Waals surface area contributed by atoms with E-state index in [1.165, 1.54) is 41.5 Å². The molecular formula is C18H22N2. The molecule has 1 heterocycles. The van der Waals surface area contributed by atoms with E-state index in [4.69, 9.17) is 5.73 Å². The van der Waals surface area contributed by atoms with Crippen molar-refractivity contribution in [3.05, 3.63) is 64.0 Å². The number of hydrogen-bond donors (Lipinski definition) is 1. The van der Waals surface area contributed by atoms with Gasteiger partial charge < -0.3 is 5.73 Å². The predicted molar refractivity (Wildman–Crippen MR) is 82.8 cm³/mol. The Morgan fingerprint density at radius 3 is 2.50 bits per heavy atom. The van der Waals surface area contributed by atoms with E-state index in [1.54, 1.807) is 0 Å². The molecular weight excluding hydrogens is 244 g/mol. The van der Waals surface area contributed by atoms with E-state index in [2.05, 4.69) is 35.3 Å². The molecule has 0 spiro atoms. The van der Waals surface area contributed by atoms with E-state index >= 15 is 0 Å². The maximum atomic E-state index is 6.38. The molecule has 1 aromatic heterocycles. The molecule has 0 radical (unpaired) electrons. The number of nitrogens with two attached hydrogens (primary N) is 1. The first-order valence-corrected chi connectivity index (χ1v) is 7.43. The van der Waals surface area contributed by atoms with Gasteiger partial charge in [0, 0.05) is 17.4 Å². The van der Waals surface area contributed by atoms with Crippen molar-refractivity contribution in [2.75, 3.05) is 0 Å². The van der Waals surface area contributed by atoms with Crippen molar-refractivity contribution >= 4 is 0 Å². The molecule has 0 saturated heterocycles. The van der Waals surface area contributed by atoms with E-state index in [9.17, 15) is 0 Å². The van der Waals surface area contributed by atoms with Gasteiger partial charge in [-0.3, -0.25) is 4.98 Å². The third-order valence-electron chi connectivity index (χ3n) is 4.15. The lowest BCUT2D eigenvalue weighted by molar-refractivity contribution is 0.717. The van der Waals surface area contributed by atoms with E-state index in [1.807, 2.05) is 13.8 Å². The third kappa shape index (κ3) is 2.75. The summed E-state index contributed by atoms with van der Waals surface area (Å²) >= 11 is 0. The van der Waals surface area contributed by atoms with Gasteiger partial charge in [-0.2, -0.15) is 0 Å². The van der Waals surface area contributed by atoms with Crippen LogP contribution in [0.5, 0.6) is 0 Å². The average molecular weight is 266 g/mol. The number of fused-ring (bicyclic) bond motifs is 1. The lowest BCUT2D eigenvalue weighted by atomic mass is 9.97. The lowest BCUT2D eigenvalue weighted by Crippen LogP contribution is -2.14. The Morgan fingerprint density at radius 2 is 1.75 bits per heavy atom. The van der Waals surface area contributed by atoms with Gasteiger partial charge in [0.2, 0.25) is 0 Å². The Kier molecular flexibility index (Phi) is 3.58. The Bertz CT molecular complexity index is 611. The van der Waals surface area contributed by atoms with Gasteiger partial charge >= 0.3 is 0 Å². The summed E-state index contributed by atoms with van der Waals surface area (Å²) in [6.45, 7) is 4.05. The predicted octanol–water partition coefficient (Wildman–Crippen LogP) is 3.43. The first-order valence-electron chi connectivity index (χ1n) is 7.43. The quantitative estimate of drug-likeness (QED) is 0.924. The molecule has 0 aliphatic heterocycles. The SMILES string of the molecule is Cc1cc(C(N)Cc2ccc3c(c2)CCC3)cc(C)n1. The molecule has 20 heavy (non-hydrogen) atoms. The maximum Gasteiger partial charge on any atom is 0.0379 e. The molecule has 1 aliphatic rings. The third-order valence-corrected chi connectivity index (χ3v) is 4.15. The zero-order valence-corrected chi connectivity index (χ0v) is 12.3. The Morgan fingerprint density at radius 1 is 1.05 bits per heavy atom. The molecule has 2 heteroatoms. The number of hydrogen-bond acceptors (Lipinski definition) is 2. The highest BCUT2D eigenvalue weighted by Crippen LogP contribution is 2.25. The Balaban J connectivity index is 1.80. The number of aryl methyl sites for hydroxylation is 4. The molecule has 3 rings (SSSR count). The van der Waals surface area contributed by atoms with Crippen LogP contribution in [0.25, 0.3) is 0 Å². The lowest BCUT2D eigenvalue weighted by Gasteiger charge is -2.14. The van der Waals surface area contributed by atoms with Crippen molar-refractivity contribution in [1.29, 1.82) is 0 Å². The number of pyridine rings is 1. The summed E-state index contributed by atoms with van der Waals surface area (Å²) in [7, 11) is 0. The van der Waals surface area contributed by atoms with Crippen molar-refractivity contribution in [1.82, 2.24) is 4.98 Å². The average Bonchev–Trinajstić information content (AvgIpc) is 2.85. The van der Waals surface area contributed by atoms with Crippen LogP contribution in [0.15, 0.2) is 30.3 Å². The molecule has 104 valence electrons. The number of aromatic nitrogens is 1. The van der Waals surface area contributed by atoms with Gasteiger partial charge in [0.25, 0.3) is 0 Å². The van der Waals surface area contributed by atoms with Crippen LogP contribution in [0.2, 0.25) is 0 Å². The fourth-order valence-corrected chi connectivity index (χ4v) is 3.20. The fraction of sp³-hybridized carbons (Fsp3) is 0.389. The van der Waals surface area contributed by atoms with Gasteiger partial charge in [-0.25, -0.2) is 0 Å². The van der Waals surface area contributed by atoms with Crippen LogP contribution in [0, 0.1) is 13.8 Å². The number of benzene rings is 1. The maximum absolute atomic E-state index is 6.38. The topological polar surface area (TPSA) is 38.9 Å². The molecule has 2 N–H and O–H groups in total. The molecule has 1 aromatic carbocycles. The second-order valence-electron chi connectivity index (χ2n) is 5.95. The molecule has 0 bridgehead atoms. The van der Waals surface area contributed by atoms with E-state index in [-0.39, 0.29) is 6.04 Å². The first-order chi connectivity index (χ1) is 9.61. The van der Waals surface area contributed by atoms with Crippen LogP contribution >= 0.6 is 0 Å². The fourth-order valence-electron chi connectivity index (χ4n) is 3.20. The van der Waals surface area contributed by atoms with Crippen LogP contribution in [-0.4, -0.2) is 4.98 Å². The molecule has 1 aliphatic carbocycles. The number of rotatable bonds is 3. The van der Waals surface area contributed by atoms with Crippen LogP contribution in [0.4, 0.5) is 0 Å². The summed E-state index contributed by atoms with van der Waals surface area (Å²) in [4.78, 5) is 4.42. The summed E-state index contributed by atoms with van der Waals surface area (Å²) in [5.74, 6) is 0. The summed E-state index contributed by atoms with van der Waals surface area (Å²) in [6.07, 6.45) is 4.67. The second kappa shape index (κ2) is 5.37. The van der Waals surface area contributed by atoms with Crippen molar-refractivity contribution < 1.29 is 0 Å². The summed E-state index contributed by atoms with van der Waals surface area (Å²) in [6, 6.07) is 11.1. The molecule has 2 nitrogen and oxygen atoms in total. The van der Waals surface area contributed by atoms with Gasteiger partial charge in [0.1, 0.15) is 0 Å². The highest BCUT2D eigenvalue weighted by molar-refractivity contribution is 5.36. The molecule has 0 fully saturated rings. The smallest absolute Gasteiger partial charge is 0.0379 e. The summed E-state index contributed by atoms with van der Waals surface area (Å²) in [5, 5.41) is 0. The van der Waals surface area contributed by atoms with Gasteiger partial charge in [0.05, 0.1) is 0 Å². The minimum atomic E-state index is 0.0508. The van der Waals surface area contributed by atoms with Gasteiger partial charge in [0.15, 0.2) is 0 Å². The Hall–Kier alpha value is -1.67. The highest BCUT2D eigenvalue weighted by atomic mass is 14.7. The van der Waals surface area contributed by atoms with E-state index in [0.717, 1.165) is 17.8 Å².